The van der Waals surface area contributed by atoms with Crippen LogP contribution in [0.1, 0.15) is 18.7 Å². The summed E-state index contributed by atoms with van der Waals surface area (Å²) in [5.41, 5.74) is 0.631. The number of hydrogen-bond donors (Lipinski definition) is 1. The van der Waals surface area contributed by atoms with Gasteiger partial charge in [0.05, 0.1) is 5.02 Å². The summed E-state index contributed by atoms with van der Waals surface area (Å²) in [7, 11) is 0. The molecule has 0 bridgehead atoms. The molecule has 2 aromatic rings. The Morgan fingerprint density at radius 1 is 1.29 bits per heavy atom. The molecule has 2 aromatic heterocycles. The Hall–Kier alpha value is -1.46. The summed E-state index contributed by atoms with van der Waals surface area (Å²) in [5, 5.41) is 13.1. The van der Waals surface area contributed by atoms with Crippen LogP contribution in [-0.4, -0.2) is 26.8 Å². The Morgan fingerprint density at radius 3 is 2.88 bits per heavy atom. The van der Waals surface area contributed by atoms with Crippen molar-refractivity contribution < 1.29 is 9.63 Å². The number of halogens is 1. The summed E-state index contributed by atoms with van der Waals surface area (Å²) in [6, 6.07) is 3.47. The molecule has 90 valence electrons. The molecule has 17 heavy (non-hydrogen) atoms. The van der Waals surface area contributed by atoms with Gasteiger partial charge in [-0.3, -0.25) is 4.98 Å². The number of aliphatic hydroxyl groups is 1. The Morgan fingerprint density at radius 2 is 2.18 bits per heavy atom. The molecular weight excluding hydrogens is 242 g/mol. The van der Waals surface area contributed by atoms with Crippen molar-refractivity contribution in [2.75, 3.05) is 6.61 Å². The largest absolute Gasteiger partial charge is 0.396 e. The van der Waals surface area contributed by atoms with Crippen molar-refractivity contribution >= 4 is 11.6 Å². The van der Waals surface area contributed by atoms with Crippen LogP contribution in [-0.2, 0) is 6.42 Å². The van der Waals surface area contributed by atoms with Gasteiger partial charge in [0.15, 0.2) is 0 Å². The van der Waals surface area contributed by atoms with Gasteiger partial charge in [-0.25, -0.2) is 0 Å². The second-order valence-electron chi connectivity index (χ2n) is 3.55. The first-order valence-electron chi connectivity index (χ1n) is 5.35. The predicted molar refractivity (Wildman–Crippen MR) is 62.6 cm³/mol. The summed E-state index contributed by atoms with van der Waals surface area (Å²) in [6.07, 6.45) is 3.77. The summed E-state index contributed by atoms with van der Waals surface area (Å²) >= 11 is 5.74. The van der Waals surface area contributed by atoms with Crippen LogP contribution >= 0.6 is 11.6 Å². The third-order valence-corrected chi connectivity index (χ3v) is 2.45. The molecule has 0 spiro atoms. The van der Waals surface area contributed by atoms with Gasteiger partial charge in [0, 0.05) is 19.2 Å². The molecule has 5 nitrogen and oxygen atoms in total. The van der Waals surface area contributed by atoms with Crippen LogP contribution < -0.4 is 0 Å². The summed E-state index contributed by atoms with van der Waals surface area (Å²) in [6.45, 7) is 0.180. The number of unbranched alkanes of at least 4 members (excludes halogenated alkanes) is 1. The molecule has 0 aliphatic rings. The van der Waals surface area contributed by atoms with Crippen LogP contribution in [0.5, 0.6) is 0 Å². The SMILES string of the molecule is OCCCCc1nc(-c2ccc(Cl)cn2)no1. The number of pyridine rings is 1. The van der Waals surface area contributed by atoms with Crippen LogP contribution in [0.3, 0.4) is 0 Å². The van der Waals surface area contributed by atoms with Crippen LogP contribution in [0.4, 0.5) is 0 Å². The quantitative estimate of drug-likeness (QED) is 0.826. The van der Waals surface area contributed by atoms with Gasteiger partial charge in [-0.05, 0) is 25.0 Å². The van der Waals surface area contributed by atoms with Gasteiger partial charge in [0.2, 0.25) is 11.7 Å². The van der Waals surface area contributed by atoms with Crippen LogP contribution in [0.15, 0.2) is 22.9 Å². The topological polar surface area (TPSA) is 72.0 Å². The highest BCUT2D eigenvalue weighted by molar-refractivity contribution is 6.30. The zero-order valence-corrected chi connectivity index (χ0v) is 9.89. The van der Waals surface area contributed by atoms with E-state index >= 15 is 0 Å². The van der Waals surface area contributed by atoms with E-state index in [1.807, 2.05) is 0 Å². The molecule has 0 aliphatic heterocycles. The molecule has 2 heterocycles. The highest BCUT2D eigenvalue weighted by atomic mass is 35.5. The van der Waals surface area contributed by atoms with E-state index in [1.54, 1.807) is 18.3 Å². The normalized spacial score (nSPS) is 10.7. The van der Waals surface area contributed by atoms with Crippen LogP contribution in [0, 0.1) is 0 Å². The average molecular weight is 254 g/mol. The highest BCUT2D eigenvalue weighted by Gasteiger charge is 2.09. The molecule has 0 saturated carbocycles. The number of hydrogen-bond acceptors (Lipinski definition) is 5. The number of rotatable bonds is 5. The van der Waals surface area contributed by atoms with E-state index in [1.165, 1.54) is 0 Å². The number of aryl methyl sites for hydroxylation is 1. The van der Waals surface area contributed by atoms with Crippen LogP contribution in [0.25, 0.3) is 11.5 Å². The molecule has 1 N–H and O–H groups in total. The summed E-state index contributed by atoms with van der Waals surface area (Å²) in [5.74, 6) is 1.02. The van der Waals surface area contributed by atoms with E-state index in [0.717, 1.165) is 12.8 Å². The summed E-state index contributed by atoms with van der Waals surface area (Å²) in [4.78, 5) is 8.32. The predicted octanol–water partition coefficient (Wildman–Crippen LogP) is 2.10. The smallest absolute Gasteiger partial charge is 0.227 e. The second kappa shape index (κ2) is 5.75. The maximum absolute atomic E-state index is 8.66. The van der Waals surface area contributed by atoms with E-state index in [2.05, 4.69) is 15.1 Å². The van der Waals surface area contributed by atoms with Gasteiger partial charge in [0.25, 0.3) is 0 Å². The van der Waals surface area contributed by atoms with Gasteiger partial charge < -0.3 is 9.63 Å². The summed E-state index contributed by atoms with van der Waals surface area (Å²) < 4.78 is 5.08. The molecule has 0 aromatic carbocycles. The fraction of sp³-hybridized carbons (Fsp3) is 0.364. The van der Waals surface area contributed by atoms with Crippen molar-refractivity contribution in [2.24, 2.45) is 0 Å². The minimum atomic E-state index is 0.180. The molecule has 0 unspecified atom stereocenters. The lowest BCUT2D eigenvalue weighted by atomic mass is 10.2. The lowest BCUT2D eigenvalue weighted by Crippen LogP contribution is -1.89. The third kappa shape index (κ3) is 3.25. The molecule has 0 aliphatic carbocycles. The van der Waals surface area contributed by atoms with Crippen molar-refractivity contribution in [3.63, 3.8) is 0 Å². The van der Waals surface area contributed by atoms with E-state index in [4.69, 9.17) is 21.2 Å². The zero-order chi connectivity index (χ0) is 12.1. The molecule has 0 amide bonds. The molecule has 0 atom stereocenters. The minimum Gasteiger partial charge on any atom is -0.396 e. The van der Waals surface area contributed by atoms with Crippen molar-refractivity contribution in [1.82, 2.24) is 15.1 Å². The lowest BCUT2D eigenvalue weighted by Gasteiger charge is -1.93. The van der Waals surface area contributed by atoms with E-state index in [-0.39, 0.29) is 6.61 Å². The molecule has 0 radical (unpaired) electrons. The average Bonchev–Trinajstić information content (AvgIpc) is 2.79. The third-order valence-electron chi connectivity index (χ3n) is 2.22. The fourth-order valence-electron chi connectivity index (χ4n) is 1.36. The van der Waals surface area contributed by atoms with E-state index < -0.39 is 0 Å². The first-order valence-corrected chi connectivity index (χ1v) is 5.73. The second-order valence-corrected chi connectivity index (χ2v) is 3.99. The first kappa shape index (κ1) is 12.0. The minimum absolute atomic E-state index is 0.180. The fourth-order valence-corrected chi connectivity index (χ4v) is 1.47. The Labute approximate surface area is 103 Å². The Balaban J connectivity index is 2.04. The van der Waals surface area contributed by atoms with Gasteiger partial charge in [-0.1, -0.05) is 16.8 Å². The molecule has 0 saturated heterocycles. The standard InChI is InChI=1S/C11H12ClN3O2/c12-8-4-5-9(13-7-8)11-14-10(17-15-11)3-1-2-6-16/h4-5,7,16H,1-3,6H2. The van der Waals surface area contributed by atoms with Crippen molar-refractivity contribution in [2.45, 2.75) is 19.3 Å². The molecule has 2 rings (SSSR count). The van der Waals surface area contributed by atoms with Gasteiger partial charge in [0.1, 0.15) is 5.69 Å². The molecule has 0 fully saturated rings. The number of aromatic nitrogens is 3. The van der Waals surface area contributed by atoms with Crippen molar-refractivity contribution in [3.05, 3.63) is 29.2 Å². The van der Waals surface area contributed by atoms with E-state index in [0.29, 0.717) is 28.9 Å². The van der Waals surface area contributed by atoms with Crippen molar-refractivity contribution in [1.29, 1.82) is 0 Å². The first-order chi connectivity index (χ1) is 8.29. The number of nitrogens with zero attached hydrogens (tertiary/aromatic N) is 3. The van der Waals surface area contributed by atoms with Crippen LogP contribution in [0.2, 0.25) is 5.02 Å². The Bertz CT molecular complexity index is 470. The molecule has 6 heteroatoms. The number of aliphatic hydroxyl groups excluding tert-OH is 1. The Kier molecular flexibility index (Phi) is 4.06. The maximum Gasteiger partial charge on any atom is 0.227 e. The lowest BCUT2D eigenvalue weighted by molar-refractivity contribution is 0.281. The van der Waals surface area contributed by atoms with E-state index in [9.17, 15) is 0 Å². The molecular formula is C11H12ClN3O2. The van der Waals surface area contributed by atoms with Gasteiger partial charge in [-0.15, -0.1) is 0 Å². The highest BCUT2D eigenvalue weighted by Crippen LogP contribution is 2.16. The van der Waals surface area contributed by atoms with Gasteiger partial charge >= 0.3 is 0 Å². The monoisotopic (exact) mass is 253 g/mol. The van der Waals surface area contributed by atoms with Gasteiger partial charge in [-0.2, -0.15) is 4.98 Å². The maximum atomic E-state index is 8.66. The zero-order valence-electron chi connectivity index (χ0n) is 9.14. The van der Waals surface area contributed by atoms with Crippen molar-refractivity contribution in [3.8, 4) is 11.5 Å².